The molecule has 1 atom stereocenters. The molecule has 0 spiro atoms. The summed E-state index contributed by atoms with van der Waals surface area (Å²) in [6.07, 6.45) is 2.72. The number of carbonyl (C=O) groups is 3. The molecule has 1 saturated carbocycles. The van der Waals surface area contributed by atoms with Gasteiger partial charge in [0.15, 0.2) is 23.2 Å². The molecule has 2 saturated heterocycles. The zero-order valence-corrected chi connectivity index (χ0v) is 24.1. The summed E-state index contributed by atoms with van der Waals surface area (Å²) in [5, 5.41) is 23.3. The topological polar surface area (TPSA) is 145 Å². The average molecular weight is 614 g/mol. The number of carboxylic acids is 1. The number of cyclic esters (lactones) is 1. The highest BCUT2D eigenvalue weighted by molar-refractivity contribution is 5.90. The number of carbonyl (C=O) groups excluding carboxylic acids is 2. The van der Waals surface area contributed by atoms with Crippen LogP contribution < -0.4 is 24.8 Å². The summed E-state index contributed by atoms with van der Waals surface area (Å²) in [7, 11) is 0. The van der Waals surface area contributed by atoms with E-state index in [1.807, 2.05) is 4.90 Å². The van der Waals surface area contributed by atoms with Crippen LogP contribution in [0.5, 0.6) is 5.75 Å². The van der Waals surface area contributed by atoms with E-state index >= 15 is 4.39 Å². The number of nitrogens with one attached hydrogen (secondary N) is 1. The summed E-state index contributed by atoms with van der Waals surface area (Å²) in [6.45, 7) is 2.01. The predicted octanol–water partition coefficient (Wildman–Crippen LogP) is 2.72. The van der Waals surface area contributed by atoms with Crippen molar-refractivity contribution in [1.29, 1.82) is 0 Å². The molecule has 1 aromatic carbocycles. The second-order valence-corrected chi connectivity index (χ2v) is 11.7. The lowest BCUT2D eigenvalue weighted by Gasteiger charge is -2.39. The van der Waals surface area contributed by atoms with Gasteiger partial charge in [0.2, 0.25) is 5.91 Å². The van der Waals surface area contributed by atoms with Crippen LogP contribution in [0.3, 0.4) is 0 Å². The van der Waals surface area contributed by atoms with E-state index in [4.69, 9.17) is 9.47 Å². The molecule has 2 aromatic rings. The first kappa shape index (κ1) is 29.6. The number of fused-ring (bicyclic) bond motifs is 1. The lowest BCUT2D eigenvalue weighted by atomic mass is 9.92. The van der Waals surface area contributed by atoms with Crippen LogP contribution in [0.25, 0.3) is 0 Å². The monoisotopic (exact) mass is 613 g/mol. The summed E-state index contributed by atoms with van der Waals surface area (Å²) in [5.74, 6) is -1.96. The third-order valence-corrected chi connectivity index (χ3v) is 8.32. The van der Waals surface area contributed by atoms with Gasteiger partial charge in [-0.05, 0) is 43.9 Å². The number of amides is 2. The van der Waals surface area contributed by atoms with Crippen molar-refractivity contribution in [1.82, 2.24) is 10.3 Å². The molecular formula is C30H33F2N5O7. The van der Waals surface area contributed by atoms with Crippen LogP contribution in [0, 0.1) is 11.6 Å². The van der Waals surface area contributed by atoms with Gasteiger partial charge in [0.1, 0.15) is 24.1 Å². The van der Waals surface area contributed by atoms with Crippen LogP contribution in [0.4, 0.5) is 30.9 Å². The van der Waals surface area contributed by atoms with Crippen LogP contribution in [0.1, 0.15) is 38.2 Å². The summed E-state index contributed by atoms with van der Waals surface area (Å²) >= 11 is 0. The highest BCUT2D eigenvalue weighted by Gasteiger charge is 2.38. The van der Waals surface area contributed by atoms with Gasteiger partial charge in [-0.1, -0.05) is 0 Å². The molecule has 3 fully saturated rings. The average Bonchev–Trinajstić information content (AvgIpc) is 3.76. The summed E-state index contributed by atoms with van der Waals surface area (Å²) in [6, 6.07) is 5.53. The molecule has 234 valence electrons. The van der Waals surface area contributed by atoms with Crippen LogP contribution >= 0.6 is 0 Å². The lowest BCUT2D eigenvalue weighted by Crippen LogP contribution is -2.48. The Hall–Kier alpha value is -4.46. The van der Waals surface area contributed by atoms with Gasteiger partial charge < -0.3 is 34.8 Å². The fourth-order valence-corrected chi connectivity index (χ4v) is 5.69. The fraction of sp³-hybridized carbons (Fsp3) is 0.467. The van der Waals surface area contributed by atoms with Gasteiger partial charge in [0.25, 0.3) is 0 Å². The van der Waals surface area contributed by atoms with E-state index in [0.29, 0.717) is 11.4 Å². The molecule has 0 radical (unpaired) electrons. The van der Waals surface area contributed by atoms with Gasteiger partial charge in [0.05, 0.1) is 24.4 Å². The van der Waals surface area contributed by atoms with Crippen molar-refractivity contribution >= 4 is 35.3 Å². The third kappa shape index (κ3) is 6.11. The first-order valence-electron chi connectivity index (χ1n) is 14.5. The minimum Gasteiger partial charge on any atom is -0.488 e. The number of aliphatic hydroxyl groups is 1. The Morgan fingerprint density at radius 3 is 2.57 bits per heavy atom. The Kier molecular flexibility index (Phi) is 7.78. The Morgan fingerprint density at radius 1 is 1.16 bits per heavy atom. The number of ether oxygens (including phenoxy) is 2. The maximum atomic E-state index is 15.2. The number of hydrogen-bond acceptors (Lipinski definition) is 9. The van der Waals surface area contributed by atoms with Crippen molar-refractivity contribution < 1.29 is 42.9 Å². The highest BCUT2D eigenvalue weighted by Crippen LogP contribution is 2.39. The Bertz CT molecular complexity index is 1520. The maximum absolute atomic E-state index is 15.2. The van der Waals surface area contributed by atoms with Crippen molar-refractivity contribution in [2.24, 2.45) is 0 Å². The molecule has 1 aliphatic carbocycles. The standard InChI is InChI=1S/C30H33F2N5O7/c1-17(38)33-13-22-15-37(29(41)44-22)21-4-5-25(23(31)12-21)43-16-30(42)6-8-35(9-7-30)27-24(32)11-18-10-19(28(39)40)14-36(20-2-3-20)26(18)34-27/h4-5,11-12,14,20,22,42H,2-3,6-10,13,15-16H2,1H3,(H,33,38)(H,39,40)/t22-/m0/s1. The van der Waals surface area contributed by atoms with E-state index in [1.54, 1.807) is 11.1 Å². The summed E-state index contributed by atoms with van der Waals surface area (Å²) in [4.78, 5) is 44.4. The number of aromatic nitrogens is 1. The number of nitrogens with zero attached hydrogens (tertiary/aromatic N) is 4. The third-order valence-electron chi connectivity index (χ3n) is 8.32. The first-order chi connectivity index (χ1) is 21.0. The van der Waals surface area contributed by atoms with Gasteiger partial charge >= 0.3 is 12.1 Å². The predicted molar refractivity (Wildman–Crippen MR) is 154 cm³/mol. The number of rotatable bonds is 9. The van der Waals surface area contributed by atoms with Crippen molar-refractivity contribution in [3.8, 4) is 5.75 Å². The molecule has 0 bridgehead atoms. The number of aliphatic carboxylic acids is 1. The number of benzene rings is 1. The van der Waals surface area contributed by atoms with Crippen LogP contribution in [0.2, 0.25) is 0 Å². The zero-order valence-electron chi connectivity index (χ0n) is 24.1. The smallest absolute Gasteiger partial charge is 0.414 e. The van der Waals surface area contributed by atoms with Crippen molar-refractivity contribution in [2.45, 2.75) is 56.8 Å². The minimum absolute atomic E-state index is 0.0912. The normalized spacial score (nSPS) is 21.0. The van der Waals surface area contributed by atoms with Crippen LogP contribution in [-0.4, -0.2) is 83.7 Å². The van der Waals surface area contributed by atoms with Crippen molar-refractivity contribution in [3.05, 3.63) is 53.2 Å². The molecule has 14 heteroatoms. The number of anilines is 3. The van der Waals surface area contributed by atoms with Crippen LogP contribution in [-0.2, 0) is 20.7 Å². The quantitative estimate of drug-likeness (QED) is 0.386. The van der Waals surface area contributed by atoms with E-state index in [0.717, 1.165) is 18.9 Å². The summed E-state index contributed by atoms with van der Waals surface area (Å²) < 4.78 is 41.1. The van der Waals surface area contributed by atoms with Crippen molar-refractivity contribution in [2.75, 3.05) is 47.5 Å². The number of pyridine rings is 1. The first-order valence-corrected chi connectivity index (χ1v) is 14.5. The molecular weight excluding hydrogens is 580 g/mol. The largest absolute Gasteiger partial charge is 0.488 e. The molecule has 3 aliphatic heterocycles. The second kappa shape index (κ2) is 11.6. The van der Waals surface area contributed by atoms with E-state index in [9.17, 15) is 29.0 Å². The highest BCUT2D eigenvalue weighted by atomic mass is 19.1. The Balaban J connectivity index is 1.07. The van der Waals surface area contributed by atoms with E-state index < -0.39 is 35.4 Å². The molecule has 12 nitrogen and oxygen atoms in total. The van der Waals surface area contributed by atoms with Gasteiger partial charge in [0, 0.05) is 50.3 Å². The lowest BCUT2D eigenvalue weighted by molar-refractivity contribution is -0.132. The fourth-order valence-electron chi connectivity index (χ4n) is 5.69. The number of halogens is 2. The van der Waals surface area contributed by atoms with E-state index in [2.05, 4.69) is 10.3 Å². The summed E-state index contributed by atoms with van der Waals surface area (Å²) in [5.41, 5.74) is -0.300. The zero-order chi connectivity index (χ0) is 31.2. The molecule has 3 N–H and O–H groups in total. The Labute approximate surface area is 251 Å². The number of carboxylic acid groups (broad SMARTS) is 1. The molecule has 4 aliphatic rings. The molecule has 4 heterocycles. The molecule has 44 heavy (non-hydrogen) atoms. The molecule has 2 amide bonds. The Morgan fingerprint density at radius 2 is 1.91 bits per heavy atom. The molecule has 0 unspecified atom stereocenters. The van der Waals surface area contributed by atoms with Crippen LogP contribution in [0.15, 0.2) is 36.0 Å². The molecule has 6 rings (SSSR count). The van der Waals surface area contributed by atoms with E-state index in [-0.39, 0.29) is 86.8 Å². The van der Waals surface area contributed by atoms with Gasteiger partial charge in [-0.15, -0.1) is 0 Å². The van der Waals surface area contributed by atoms with Crippen molar-refractivity contribution in [3.63, 3.8) is 0 Å². The van der Waals surface area contributed by atoms with Gasteiger partial charge in [-0.3, -0.25) is 9.69 Å². The van der Waals surface area contributed by atoms with Gasteiger partial charge in [-0.2, -0.15) is 0 Å². The second-order valence-electron chi connectivity index (χ2n) is 11.7. The van der Waals surface area contributed by atoms with Gasteiger partial charge in [-0.25, -0.2) is 23.4 Å². The number of hydrogen-bond donors (Lipinski definition) is 3. The minimum atomic E-state index is -1.29. The maximum Gasteiger partial charge on any atom is 0.414 e. The number of piperidine rings is 1. The van der Waals surface area contributed by atoms with E-state index in [1.165, 1.54) is 30.0 Å². The SMILES string of the molecule is CC(=O)NC[C@H]1CN(c2ccc(OCC3(O)CCN(c4nc5c(cc4F)CC(C(=O)O)=CN5C4CC4)CC3)c(F)c2)C(=O)O1. The molecule has 1 aromatic heterocycles.